The second-order valence-electron chi connectivity index (χ2n) is 3.69. The predicted octanol–water partition coefficient (Wildman–Crippen LogP) is 0.245. The summed E-state index contributed by atoms with van der Waals surface area (Å²) in [4.78, 5) is 2.30. The predicted molar refractivity (Wildman–Crippen MR) is 56.3 cm³/mol. The van der Waals surface area contributed by atoms with Gasteiger partial charge >= 0.3 is 0 Å². The van der Waals surface area contributed by atoms with Crippen molar-refractivity contribution in [2.24, 2.45) is 5.92 Å². The first-order chi connectivity index (χ1) is 6.27. The molecule has 13 heavy (non-hydrogen) atoms. The van der Waals surface area contributed by atoms with Crippen LogP contribution in [0.1, 0.15) is 6.92 Å². The van der Waals surface area contributed by atoms with Crippen LogP contribution in [-0.4, -0.2) is 54.7 Å². The van der Waals surface area contributed by atoms with Gasteiger partial charge in [-0.05, 0) is 11.7 Å². The Balaban J connectivity index is 2.35. The molecular formula is C9H19NO2S. The van der Waals surface area contributed by atoms with Crippen molar-refractivity contribution in [2.45, 2.75) is 13.0 Å². The van der Waals surface area contributed by atoms with E-state index in [0.717, 1.165) is 25.4 Å². The zero-order valence-electron chi connectivity index (χ0n) is 8.15. The third kappa shape index (κ3) is 3.46. The maximum Gasteiger partial charge on any atom is 0.0644 e. The molecule has 0 aromatic rings. The molecule has 1 aliphatic rings. The second-order valence-corrected chi connectivity index (χ2v) is 4.06. The van der Waals surface area contributed by atoms with E-state index in [1.165, 1.54) is 0 Å². The van der Waals surface area contributed by atoms with Gasteiger partial charge in [0.2, 0.25) is 0 Å². The minimum Gasteiger partial charge on any atom is -0.395 e. The summed E-state index contributed by atoms with van der Waals surface area (Å²) in [5.74, 6) is 1.48. The van der Waals surface area contributed by atoms with Gasteiger partial charge in [0.15, 0.2) is 0 Å². The van der Waals surface area contributed by atoms with Crippen molar-refractivity contribution in [2.75, 3.05) is 38.7 Å². The van der Waals surface area contributed by atoms with Crippen molar-refractivity contribution in [1.29, 1.82) is 0 Å². The molecule has 1 saturated heterocycles. The molecule has 2 unspecified atom stereocenters. The van der Waals surface area contributed by atoms with Crippen LogP contribution in [-0.2, 0) is 4.74 Å². The molecule has 0 amide bonds. The van der Waals surface area contributed by atoms with E-state index in [1.807, 2.05) is 0 Å². The Bertz CT molecular complexity index is 146. The summed E-state index contributed by atoms with van der Waals surface area (Å²) in [6.07, 6.45) is 0. The highest BCUT2D eigenvalue weighted by Gasteiger charge is 2.22. The van der Waals surface area contributed by atoms with Crippen LogP contribution < -0.4 is 0 Å². The van der Waals surface area contributed by atoms with E-state index in [9.17, 15) is 0 Å². The summed E-state index contributed by atoms with van der Waals surface area (Å²) in [5, 5.41) is 9.11. The lowest BCUT2D eigenvalue weighted by molar-refractivity contribution is -0.0314. The first-order valence-electron chi connectivity index (χ1n) is 4.81. The number of aliphatic hydroxyl groups excluding tert-OH is 1. The average Bonchev–Trinajstić information content (AvgIpc) is 2.18. The third-order valence-electron chi connectivity index (χ3n) is 2.42. The van der Waals surface area contributed by atoms with Crippen LogP contribution in [0, 0.1) is 5.92 Å². The second kappa shape index (κ2) is 5.86. The van der Waals surface area contributed by atoms with Crippen LogP contribution in [0.2, 0.25) is 0 Å². The summed E-state index contributed by atoms with van der Waals surface area (Å²) >= 11 is 4.25. The van der Waals surface area contributed by atoms with E-state index in [4.69, 9.17) is 9.84 Å². The molecule has 0 radical (unpaired) electrons. The Morgan fingerprint density at radius 1 is 1.69 bits per heavy atom. The minimum absolute atomic E-state index is 0.191. The number of hydrogen-bond donors (Lipinski definition) is 2. The van der Waals surface area contributed by atoms with Crippen LogP contribution >= 0.6 is 12.6 Å². The summed E-state index contributed by atoms with van der Waals surface area (Å²) < 4.78 is 5.30. The Kier molecular flexibility index (Phi) is 5.09. The molecule has 1 rings (SSSR count). The van der Waals surface area contributed by atoms with Gasteiger partial charge in [0.05, 0.1) is 25.9 Å². The fourth-order valence-corrected chi connectivity index (χ4v) is 1.67. The number of morpholine rings is 1. The molecule has 3 nitrogen and oxygen atoms in total. The Morgan fingerprint density at radius 3 is 3.08 bits per heavy atom. The standard InChI is InChI=1S/C9H19NO2S/c1-8(7-13)4-10-2-3-12-6-9(10)5-11/h8-9,11,13H,2-7H2,1H3. The maximum atomic E-state index is 9.11. The van der Waals surface area contributed by atoms with Gasteiger partial charge in [-0.2, -0.15) is 12.6 Å². The normalized spacial score (nSPS) is 27.5. The highest BCUT2D eigenvalue weighted by molar-refractivity contribution is 7.80. The van der Waals surface area contributed by atoms with E-state index < -0.39 is 0 Å². The number of nitrogens with zero attached hydrogens (tertiary/aromatic N) is 1. The molecule has 0 aromatic carbocycles. The molecule has 78 valence electrons. The van der Waals surface area contributed by atoms with E-state index in [2.05, 4.69) is 24.5 Å². The van der Waals surface area contributed by atoms with Crippen molar-refractivity contribution in [1.82, 2.24) is 4.90 Å². The molecule has 1 aliphatic heterocycles. The molecule has 1 fully saturated rings. The zero-order chi connectivity index (χ0) is 9.68. The topological polar surface area (TPSA) is 32.7 Å². The highest BCUT2D eigenvalue weighted by atomic mass is 32.1. The van der Waals surface area contributed by atoms with Gasteiger partial charge in [-0.15, -0.1) is 0 Å². The van der Waals surface area contributed by atoms with Crippen molar-refractivity contribution in [3.05, 3.63) is 0 Å². The van der Waals surface area contributed by atoms with Crippen molar-refractivity contribution >= 4 is 12.6 Å². The fraction of sp³-hybridized carbons (Fsp3) is 1.00. The number of aliphatic hydroxyl groups is 1. The van der Waals surface area contributed by atoms with E-state index in [1.54, 1.807) is 0 Å². The summed E-state index contributed by atoms with van der Waals surface area (Å²) in [5.41, 5.74) is 0. The quantitative estimate of drug-likeness (QED) is 0.645. The molecule has 0 saturated carbocycles. The molecule has 2 atom stereocenters. The number of ether oxygens (including phenoxy) is 1. The van der Waals surface area contributed by atoms with Crippen LogP contribution in [0.3, 0.4) is 0 Å². The fourth-order valence-electron chi connectivity index (χ4n) is 1.56. The van der Waals surface area contributed by atoms with E-state index in [0.29, 0.717) is 12.5 Å². The minimum atomic E-state index is 0.191. The lowest BCUT2D eigenvalue weighted by Gasteiger charge is -2.35. The lowest BCUT2D eigenvalue weighted by atomic mass is 10.1. The van der Waals surface area contributed by atoms with Crippen molar-refractivity contribution < 1.29 is 9.84 Å². The van der Waals surface area contributed by atoms with Crippen LogP contribution in [0.25, 0.3) is 0 Å². The molecule has 0 aliphatic carbocycles. The third-order valence-corrected chi connectivity index (χ3v) is 3.04. The Morgan fingerprint density at radius 2 is 2.46 bits per heavy atom. The largest absolute Gasteiger partial charge is 0.395 e. The van der Waals surface area contributed by atoms with Gasteiger partial charge in [-0.1, -0.05) is 6.92 Å². The average molecular weight is 205 g/mol. The SMILES string of the molecule is CC(CS)CN1CCOCC1CO. The number of rotatable bonds is 4. The highest BCUT2D eigenvalue weighted by Crippen LogP contribution is 2.10. The zero-order valence-corrected chi connectivity index (χ0v) is 9.04. The summed E-state index contributed by atoms with van der Waals surface area (Å²) in [7, 11) is 0. The van der Waals surface area contributed by atoms with Crippen LogP contribution in [0.15, 0.2) is 0 Å². The van der Waals surface area contributed by atoms with Crippen molar-refractivity contribution in [3.63, 3.8) is 0 Å². The molecule has 0 spiro atoms. The van der Waals surface area contributed by atoms with Crippen LogP contribution in [0.4, 0.5) is 0 Å². The van der Waals surface area contributed by atoms with Gasteiger partial charge in [0.25, 0.3) is 0 Å². The molecule has 1 N–H and O–H groups in total. The first kappa shape index (κ1) is 11.3. The monoisotopic (exact) mass is 205 g/mol. The Labute approximate surface area is 85.5 Å². The number of hydrogen-bond acceptors (Lipinski definition) is 4. The molecule has 0 bridgehead atoms. The molecule has 0 aromatic heterocycles. The van der Waals surface area contributed by atoms with Gasteiger partial charge in [0, 0.05) is 13.1 Å². The maximum absolute atomic E-state index is 9.11. The molecule has 1 heterocycles. The summed E-state index contributed by atoms with van der Waals surface area (Å²) in [6, 6.07) is 0.191. The smallest absolute Gasteiger partial charge is 0.0644 e. The van der Waals surface area contributed by atoms with E-state index >= 15 is 0 Å². The number of thiol groups is 1. The lowest BCUT2D eigenvalue weighted by Crippen LogP contribution is -2.49. The molecule has 4 heteroatoms. The van der Waals surface area contributed by atoms with E-state index in [-0.39, 0.29) is 12.6 Å². The Hall–Kier alpha value is 0.230. The van der Waals surface area contributed by atoms with Crippen LogP contribution in [0.5, 0.6) is 0 Å². The first-order valence-corrected chi connectivity index (χ1v) is 5.44. The molecular weight excluding hydrogens is 186 g/mol. The van der Waals surface area contributed by atoms with Crippen molar-refractivity contribution in [3.8, 4) is 0 Å². The van der Waals surface area contributed by atoms with Gasteiger partial charge in [-0.3, -0.25) is 4.90 Å². The van der Waals surface area contributed by atoms with Gasteiger partial charge in [-0.25, -0.2) is 0 Å². The van der Waals surface area contributed by atoms with Gasteiger partial charge < -0.3 is 9.84 Å². The van der Waals surface area contributed by atoms with Gasteiger partial charge in [0.1, 0.15) is 0 Å². The summed E-state index contributed by atoms with van der Waals surface area (Å²) in [6.45, 7) is 5.77.